The lowest BCUT2D eigenvalue weighted by Crippen LogP contribution is -2.31. The lowest BCUT2D eigenvalue weighted by Gasteiger charge is -2.05. The molecule has 1 aromatic heterocycles. The maximum atomic E-state index is 11.8. The molecule has 0 saturated heterocycles. The second kappa shape index (κ2) is 5.46. The summed E-state index contributed by atoms with van der Waals surface area (Å²) in [6.07, 6.45) is 0. The molecular weight excluding hydrogens is 232 g/mol. The van der Waals surface area contributed by atoms with Crippen molar-refractivity contribution in [2.75, 3.05) is 13.3 Å². The van der Waals surface area contributed by atoms with Gasteiger partial charge in [0.1, 0.15) is 12.3 Å². The molecule has 1 amide bonds. The number of hydrogen-bond donors (Lipinski definition) is 2. The van der Waals surface area contributed by atoms with E-state index in [4.69, 9.17) is 4.74 Å². The largest absolute Gasteiger partial charge is 0.362 e. The Morgan fingerprint density at radius 3 is 2.94 bits per heavy atom. The summed E-state index contributed by atoms with van der Waals surface area (Å²) < 4.78 is 5.01. The van der Waals surface area contributed by atoms with Crippen molar-refractivity contribution >= 4 is 16.8 Å². The lowest BCUT2D eigenvalue weighted by molar-refractivity contribution is 0.0815. The van der Waals surface area contributed by atoms with Crippen LogP contribution in [0.15, 0.2) is 35.1 Å². The minimum Gasteiger partial charge on any atom is -0.362 e. The highest BCUT2D eigenvalue weighted by atomic mass is 16.5. The van der Waals surface area contributed by atoms with Gasteiger partial charge in [-0.1, -0.05) is 18.2 Å². The summed E-state index contributed by atoms with van der Waals surface area (Å²) in [6.45, 7) is 2.44. The minimum atomic E-state index is -0.435. The molecule has 0 aliphatic heterocycles. The molecule has 1 aromatic carbocycles. The highest BCUT2D eigenvalue weighted by Gasteiger charge is 2.10. The fourth-order valence-electron chi connectivity index (χ4n) is 1.63. The minimum absolute atomic E-state index is 0.0911. The number of fused-ring (bicyclic) bond motifs is 1. The lowest BCUT2D eigenvalue weighted by atomic mass is 10.1. The van der Waals surface area contributed by atoms with Crippen LogP contribution in [0.1, 0.15) is 17.3 Å². The van der Waals surface area contributed by atoms with Crippen molar-refractivity contribution in [2.24, 2.45) is 0 Å². The van der Waals surface area contributed by atoms with Gasteiger partial charge in [0.25, 0.3) is 11.5 Å². The Bertz CT molecular complexity index is 619. The van der Waals surface area contributed by atoms with Crippen LogP contribution in [0.3, 0.4) is 0 Å². The van der Waals surface area contributed by atoms with E-state index >= 15 is 0 Å². The number of amides is 1. The Labute approximate surface area is 104 Å². The van der Waals surface area contributed by atoms with Crippen molar-refractivity contribution in [1.29, 1.82) is 0 Å². The third kappa shape index (κ3) is 2.57. The first-order valence-electron chi connectivity index (χ1n) is 5.70. The summed E-state index contributed by atoms with van der Waals surface area (Å²) in [5, 5.41) is 3.34. The molecule has 1 heterocycles. The van der Waals surface area contributed by atoms with Gasteiger partial charge in [-0.05, 0) is 24.4 Å². The summed E-state index contributed by atoms with van der Waals surface area (Å²) in [5.74, 6) is -0.435. The number of benzene rings is 1. The molecule has 2 rings (SSSR count). The van der Waals surface area contributed by atoms with E-state index in [9.17, 15) is 9.59 Å². The van der Waals surface area contributed by atoms with Crippen molar-refractivity contribution in [1.82, 2.24) is 10.3 Å². The third-order valence-corrected chi connectivity index (χ3v) is 2.54. The predicted molar refractivity (Wildman–Crippen MR) is 68.5 cm³/mol. The van der Waals surface area contributed by atoms with Gasteiger partial charge in [0, 0.05) is 12.1 Å². The fraction of sp³-hybridized carbons (Fsp3) is 0.231. The maximum absolute atomic E-state index is 11.8. The van der Waals surface area contributed by atoms with Gasteiger partial charge in [-0.2, -0.15) is 0 Å². The molecule has 0 atom stereocenters. The van der Waals surface area contributed by atoms with E-state index < -0.39 is 11.5 Å². The number of pyridine rings is 1. The first-order chi connectivity index (χ1) is 8.72. The van der Waals surface area contributed by atoms with E-state index in [-0.39, 0.29) is 12.3 Å². The van der Waals surface area contributed by atoms with Crippen LogP contribution in [-0.2, 0) is 4.74 Å². The van der Waals surface area contributed by atoms with Gasteiger partial charge in [0.15, 0.2) is 0 Å². The molecule has 0 spiro atoms. The Kier molecular flexibility index (Phi) is 3.74. The topological polar surface area (TPSA) is 71.2 Å². The molecule has 0 radical (unpaired) electrons. The molecule has 0 fully saturated rings. The molecule has 0 unspecified atom stereocenters. The van der Waals surface area contributed by atoms with Crippen LogP contribution in [0, 0.1) is 0 Å². The summed E-state index contributed by atoms with van der Waals surface area (Å²) >= 11 is 0. The normalized spacial score (nSPS) is 10.5. The predicted octanol–water partition coefficient (Wildman–Crippen LogP) is 1.25. The molecule has 2 N–H and O–H groups in total. The first-order valence-corrected chi connectivity index (χ1v) is 5.70. The van der Waals surface area contributed by atoms with Crippen molar-refractivity contribution in [3.05, 3.63) is 46.2 Å². The zero-order valence-corrected chi connectivity index (χ0v) is 10.0. The van der Waals surface area contributed by atoms with Crippen LogP contribution in [-0.4, -0.2) is 24.2 Å². The molecule has 0 aliphatic rings. The average molecular weight is 246 g/mol. The number of carbonyl (C=O) groups excluding carboxylic acids is 1. The second-order valence-electron chi connectivity index (χ2n) is 3.74. The molecule has 5 nitrogen and oxygen atoms in total. The number of aromatic amines is 1. The third-order valence-electron chi connectivity index (χ3n) is 2.54. The van der Waals surface area contributed by atoms with E-state index in [1.54, 1.807) is 12.1 Å². The number of nitrogens with one attached hydrogen (secondary N) is 2. The highest BCUT2D eigenvalue weighted by Crippen LogP contribution is 2.09. The molecule has 0 saturated carbocycles. The van der Waals surface area contributed by atoms with Gasteiger partial charge < -0.3 is 15.0 Å². The standard InChI is InChI=1S/C13H14N2O3/c1-2-18-8-14-12(16)10-7-9-5-3-4-6-11(9)15-13(10)17/h3-7H,2,8H2,1H3,(H,14,16)(H,15,17). The van der Waals surface area contributed by atoms with Crippen LogP contribution in [0.25, 0.3) is 10.9 Å². The summed E-state index contributed by atoms with van der Waals surface area (Å²) in [6, 6.07) is 8.88. The smallest absolute Gasteiger partial charge is 0.261 e. The first kappa shape index (κ1) is 12.3. The van der Waals surface area contributed by atoms with Crippen LogP contribution >= 0.6 is 0 Å². The van der Waals surface area contributed by atoms with E-state index in [1.165, 1.54) is 0 Å². The monoisotopic (exact) mass is 246 g/mol. The van der Waals surface area contributed by atoms with E-state index in [2.05, 4.69) is 10.3 Å². The second-order valence-corrected chi connectivity index (χ2v) is 3.74. The van der Waals surface area contributed by atoms with Gasteiger partial charge >= 0.3 is 0 Å². The summed E-state index contributed by atoms with van der Waals surface area (Å²) in [5.41, 5.74) is 0.403. The van der Waals surface area contributed by atoms with Gasteiger partial charge in [-0.3, -0.25) is 9.59 Å². The molecule has 0 aliphatic carbocycles. The number of aromatic nitrogens is 1. The van der Waals surface area contributed by atoms with E-state index in [0.29, 0.717) is 12.1 Å². The Balaban J connectivity index is 2.30. The Hall–Kier alpha value is -2.14. The van der Waals surface area contributed by atoms with Gasteiger partial charge in [-0.15, -0.1) is 0 Å². The molecule has 0 bridgehead atoms. The zero-order valence-electron chi connectivity index (χ0n) is 10.0. The van der Waals surface area contributed by atoms with Crippen LogP contribution in [0.5, 0.6) is 0 Å². The SMILES string of the molecule is CCOCNC(=O)c1cc2ccccc2[nH]c1=O. The molecule has 5 heteroatoms. The van der Waals surface area contributed by atoms with Gasteiger partial charge in [0.2, 0.25) is 0 Å². The van der Waals surface area contributed by atoms with Crippen molar-refractivity contribution in [3.8, 4) is 0 Å². The quantitative estimate of drug-likeness (QED) is 0.630. The number of hydrogen-bond acceptors (Lipinski definition) is 3. The van der Waals surface area contributed by atoms with Gasteiger partial charge in [0.05, 0.1) is 0 Å². The molecule has 18 heavy (non-hydrogen) atoms. The number of H-pyrrole nitrogens is 1. The highest BCUT2D eigenvalue weighted by molar-refractivity contribution is 5.97. The number of carbonyl (C=O) groups is 1. The fourth-order valence-corrected chi connectivity index (χ4v) is 1.63. The van der Waals surface area contributed by atoms with E-state index in [0.717, 1.165) is 5.39 Å². The van der Waals surface area contributed by atoms with Crippen LogP contribution in [0.2, 0.25) is 0 Å². The van der Waals surface area contributed by atoms with Crippen molar-refractivity contribution in [3.63, 3.8) is 0 Å². The Morgan fingerprint density at radius 2 is 2.17 bits per heavy atom. The number of ether oxygens (including phenoxy) is 1. The Morgan fingerprint density at radius 1 is 1.39 bits per heavy atom. The van der Waals surface area contributed by atoms with Crippen molar-refractivity contribution < 1.29 is 9.53 Å². The van der Waals surface area contributed by atoms with Gasteiger partial charge in [-0.25, -0.2) is 0 Å². The van der Waals surface area contributed by atoms with Crippen molar-refractivity contribution in [2.45, 2.75) is 6.92 Å². The molecule has 2 aromatic rings. The van der Waals surface area contributed by atoms with E-state index in [1.807, 2.05) is 25.1 Å². The number of para-hydroxylation sites is 1. The van der Waals surface area contributed by atoms with Crippen LogP contribution in [0.4, 0.5) is 0 Å². The molecular formula is C13H14N2O3. The average Bonchev–Trinajstić information content (AvgIpc) is 2.38. The molecule has 94 valence electrons. The summed E-state index contributed by atoms with van der Waals surface area (Å²) in [7, 11) is 0. The summed E-state index contributed by atoms with van der Waals surface area (Å²) in [4.78, 5) is 26.2. The maximum Gasteiger partial charge on any atom is 0.261 e. The zero-order chi connectivity index (χ0) is 13.0. The number of rotatable bonds is 4. The van der Waals surface area contributed by atoms with Crippen LogP contribution < -0.4 is 10.9 Å².